The Balaban J connectivity index is 1.81. The molecule has 0 aliphatic heterocycles. The monoisotopic (exact) mass is 234 g/mol. The van der Waals surface area contributed by atoms with E-state index in [0.29, 0.717) is 12.0 Å². The fourth-order valence-electron chi connectivity index (χ4n) is 2.66. The van der Waals surface area contributed by atoms with Crippen LogP contribution in [-0.2, 0) is 11.2 Å². The molecule has 0 saturated carbocycles. The van der Waals surface area contributed by atoms with Crippen molar-refractivity contribution in [2.24, 2.45) is 5.84 Å². The zero-order valence-corrected chi connectivity index (χ0v) is 10.5. The van der Waals surface area contributed by atoms with Gasteiger partial charge in [0.25, 0.3) is 0 Å². The van der Waals surface area contributed by atoms with E-state index in [1.165, 1.54) is 17.5 Å². The quantitative estimate of drug-likeness (QED) is 0.431. The maximum Gasteiger partial charge on any atom is 0.0462 e. The molecule has 0 spiro atoms. The lowest BCUT2D eigenvalue weighted by atomic mass is 9.74. The van der Waals surface area contributed by atoms with Crippen LogP contribution >= 0.6 is 0 Å². The Hall–Kier alpha value is -0.900. The fourth-order valence-corrected chi connectivity index (χ4v) is 2.66. The van der Waals surface area contributed by atoms with Crippen molar-refractivity contribution in [2.75, 3.05) is 13.7 Å². The molecule has 2 atom stereocenters. The molecular formula is C14H22N2O. The molecule has 0 fully saturated rings. The first-order chi connectivity index (χ1) is 8.35. The summed E-state index contributed by atoms with van der Waals surface area (Å²) in [5.74, 6) is 6.30. The molecule has 3 heteroatoms. The summed E-state index contributed by atoms with van der Waals surface area (Å²) in [5, 5.41) is 0. The van der Waals surface area contributed by atoms with E-state index in [-0.39, 0.29) is 0 Å². The molecule has 0 amide bonds. The average Bonchev–Trinajstić information content (AvgIpc) is 2.34. The standard InChI is InChI=1S/C14H22N2O/c1-17-8-4-6-13(16-15)10-12-9-11-5-2-3-7-14(11)12/h2-3,5,7,12-13,16H,4,6,8-10,15H2,1H3. The molecule has 0 bridgehead atoms. The summed E-state index contributed by atoms with van der Waals surface area (Å²) in [6, 6.07) is 9.12. The minimum atomic E-state index is 0.406. The number of rotatable bonds is 7. The third kappa shape index (κ3) is 3.06. The van der Waals surface area contributed by atoms with Gasteiger partial charge in [-0.3, -0.25) is 11.3 Å². The first kappa shape index (κ1) is 12.6. The minimum Gasteiger partial charge on any atom is -0.385 e. The summed E-state index contributed by atoms with van der Waals surface area (Å²) in [6.07, 6.45) is 4.50. The van der Waals surface area contributed by atoms with Gasteiger partial charge in [-0.1, -0.05) is 24.3 Å². The zero-order chi connectivity index (χ0) is 12.1. The highest BCUT2D eigenvalue weighted by Crippen LogP contribution is 2.38. The van der Waals surface area contributed by atoms with Crippen LogP contribution in [0.3, 0.4) is 0 Å². The predicted molar refractivity (Wildman–Crippen MR) is 69.7 cm³/mol. The minimum absolute atomic E-state index is 0.406. The van der Waals surface area contributed by atoms with Gasteiger partial charge in [-0.05, 0) is 42.7 Å². The van der Waals surface area contributed by atoms with Crippen molar-refractivity contribution < 1.29 is 4.74 Å². The maximum atomic E-state index is 5.61. The van der Waals surface area contributed by atoms with Crippen molar-refractivity contribution in [3.8, 4) is 0 Å². The van der Waals surface area contributed by atoms with Gasteiger partial charge in [0.05, 0.1) is 0 Å². The van der Waals surface area contributed by atoms with Gasteiger partial charge in [-0.2, -0.15) is 0 Å². The summed E-state index contributed by atoms with van der Waals surface area (Å²) in [7, 11) is 1.74. The molecule has 3 nitrogen and oxygen atoms in total. The fraction of sp³-hybridized carbons (Fsp3) is 0.571. The molecule has 1 aromatic rings. The van der Waals surface area contributed by atoms with Gasteiger partial charge >= 0.3 is 0 Å². The summed E-state index contributed by atoms with van der Waals surface area (Å²) in [6.45, 7) is 0.819. The Morgan fingerprint density at radius 2 is 2.29 bits per heavy atom. The Morgan fingerprint density at radius 3 is 3.00 bits per heavy atom. The van der Waals surface area contributed by atoms with Gasteiger partial charge in [0.2, 0.25) is 0 Å². The normalized spacial score (nSPS) is 19.5. The van der Waals surface area contributed by atoms with Gasteiger partial charge in [0.1, 0.15) is 0 Å². The van der Waals surface area contributed by atoms with Crippen LogP contribution in [0.25, 0.3) is 0 Å². The molecule has 1 aromatic carbocycles. The Kier molecular flexibility index (Phi) is 4.54. The number of methoxy groups -OCH3 is 1. The highest BCUT2D eigenvalue weighted by atomic mass is 16.5. The highest BCUT2D eigenvalue weighted by Gasteiger charge is 2.27. The molecule has 0 aromatic heterocycles. The van der Waals surface area contributed by atoms with Crippen LogP contribution in [0.5, 0.6) is 0 Å². The number of benzene rings is 1. The highest BCUT2D eigenvalue weighted by molar-refractivity contribution is 5.39. The molecule has 0 saturated heterocycles. The molecule has 1 aliphatic rings. The molecule has 2 rings (SSSR count). The average molecular weight is 234 g/mol. The van der Waals surface area contributed by atoms with Crippen molar-refractivity contribution in [3.63, 3.8) is 0 Å². The molecular weight excluding hydrogens is 212 g/mol. The van der Waals surface area contributed by atoms with E-state index < -0.39 is 0 Å². The zero-order valence-electron chi connectivity index (χ0n) is 10.5. The van der Waals surface area contributed by atoms with Gasteiger partial charge < -0.3 is 4.74 Å². The second-order valence-corrected chi connectivity index (χ2v) is 4.83. The second kappa shape index (κ2) is 6.15. The van der Waals surface area contributed by atoms with Gasteiger partial charge in [-0.25, -0.2) is 0 Å². The van der Waals surface area contributed by atoms with Gasteiger partial charge in [0.15, 0.2) is 0 Å². The molecule has 0 radical (unpaired) electrons. The first-order valence-corrected chi connectivity index (χ1v) is 6.38. The van der Waals surface area contributed by atoms with Crippen LogP contribution in [0.15, 0.2) is 24.3 Å². The van der Waals surface area contributed by atoms with Crippen LogP contribution in [0.4, 0.5) is 0 Å². The van der Waals surface area contributed by atoms with Crippen molar-refractivity contribution >= 4 is 0 Å². The number of hydrogen-bond acceptors (Lipinski definition) is 3. The summed E-state index contributed by atoms with van der Waals surface area (Å²) < 4.78 is 5.07. The largest absolute Gasteiger partial charge is 0.385 e. The third-order valence-corrected chi connectivity index (χ3v) is 3.67. The molecule has 17 heavy (non-hydrogen) atoms. The first-order valence-electron chi connectivity index (χ1n) is 6.38. The lowest BCUT2D eigenvalue weighted by molar-refractivity contribution is 0.187. The summed E-state index contributed by atoms with van der Waals surface area (Å²) >= 11 is 0. The van der Waals surface area contributed by atoms with E-state index in [0.717, 1.165) is 25.9 Å². The molecule has 0 heterocycles. The Bertz CT molecular complexity index is 354. The molecule has 1 aliphatic carbocycles. The van der Waals surface area contributed by atoms with Crippen molar-refractivity contribution in [3.05, 3.63) is 35.4 Å². The molecule has 2 unspecified atom stereocenters. The van der Waals surface area contributed by atoms with Gasteiger partial charge in [0, 0.05) is 19.8 Å². The van der Waals surface area contributed by atoms with E-state index in [1.54, 1.807) is 7.11 Å². The van der Waals surface area contributed by atoms with Crippen molar-refractivity contribution in [1.29, 1.82) is 0 Å². The van der Waals surface area contributed by atoms with Crippen LogP contribution in [0.2, 0.25) is 0 Å². The lowest BCUT2D eigenvalue weighted by Crippen LogP contribution is -2.38. The van der Waals surface area contributed by atoms with E-state index in [9.17, 15) is 0 Å². The van der Waals surface area contributed by atoms with Crippen LogP contribution in [-0.4, -0.2) is 19.8 Å². The maximum absolute atomic E-state index is 5.61. The number of fused-ring (bicyclic) bond motifs is 1. The number of hydrogen-bond donors (Lipinski definition) is 2. The summed E-state index contributed by atoms with van der Waals surface area (Å²) in [4.78, 5) is 0. The van der Waals surface area contributed by atoms with E-state index in [2.05, 4.69) is 29.7 Å². The van der Waals surface area contributed by atoms with Crippen LogP contribution < -0.4 is 11.3 Å². The molecule has 94 valence electrons. The Morgan fingerprint density at radius 1 is 1.47 bits per heavy atom. The number of nitrogens with two attached hydrogens (primary N) is 1. The predicted octanol–water partition coefficient (Wildman–Crippen LogP) is 1.97. The van der Waals surface area contributed by atoms with E-state index in [1.807, 2.05) is 0 Å². The lowest BCUT2D eigenvalue weighted by Gasteiger charge is -2.32. The van der Waals surface area contributed by atoms with E-state index >= 15 is 0 Å². The van der Waals surface area contributed by atoms with Crippen molar-refractivity contribution in [2.45, 2.75) is 37.6 Å². The number of ether oxygens (including phenoxy) is 1. The summed E-state index contributed by atoms with van der Waals surface area (Å²) in [5.41, 5.74) is 5.95. The number of hydrazine groups is 1. The number of nitrogens with one attached hydrogen (secondary N) is 1. The third-order valence-electron chi connectivity index (χ3n) is 3.67. The Labute approximate surface area is 103 Å². The van der Waals surface area contributed by atoms with Crippen molar-refractivity contribution in [1.82, 2.24) is 5.43 Å². The second-order valence-electron chi connectivity index (χ2n) is 4.83. The smallest absolute Gasteiger partial charge is 0.0462 e. The topological polar surface area (TPSA) is 47.3 Å². The SMILES string of the molecule is COCCCC(CC1Cc2ccccc21)NN. The van der Waals surface area contributed by atoms with E-state index in [4.69, 9.17) is 10.6 Å². The van der Waals surface area contributed by atoms with Crippen LogP contribution in [0, 0.1) is 0 Å². The van der Waals surface area contributed by atoms with Crippen LogP contribution in [0.1, 0.15) is 36.3 Å². The van der Waals surface area contributed by atoms with Gasteiger partial charge in [-0.15, -0.1) is 0 Å². The molecule has 3 N–H and O–H groups in total.